The molecule has 2 aromatic carbocycles. The molecular weight excluding hydrogens is 525 g/mol. The van der Waals surface area contributed by atoms with Crippen LogP contribution in [0.5, 0.6) is 5.75 Å². The Bertz CT molecular complexity index is 1340. The maximum atomic E-state index is 13.9. The smallest absolute Gasteiger partial charge is 0.246 e. The van der Waals surface area contributed by atoms with Crippen molar-refractivity contribution >= 4 is 31.6 Å². The summed E-state index contributed by atoms with van der Waals surface area (Å²) >= 11 is 0. The van der Waals surface area contributed by atoms with Gasteiger partial charge in [-0.25, -0.2) is 25.5 Å². The van der Waals surface area contributed by atoms with Gasteiger partial charge in [-0.05, 0) is 37.1 Å². The van der Waals surface area contributed by atoms with Crippen LogP contribution in [-0.2, 0) is 35.3 Å². The van der Waals surface area contributed by atoms with E-state index in [0.29, 0.717) is 18.9 Å². The van der Waals surface area contributed by atoms with Crippen LogP contribution < -0.4 is 10.1 Å². The summed E-state index contributed by atoms with van der Waals surface area (Å²) in [4.78, 5) is 12.9. The largest absolute Gasteiger partial charge is 0.495 e. The summed E-state index contributed by atoms with van der Waals surface area (Å²) in [7, 11) is -6.23. The van der Waals surface area contributed by atoms with Gasteiger partial charge in [0.15, 0.2) is 0 Å². The number of carbonyl (C=O) groups excluding carboxylic acids is 1. The molecule has 0 spiro atoms. The summed E-state index contributed by atoms with van der Waals surface area (Å²) in [6.07, 6.45) is 0.578. The monoisotopic (exact) mass is 555 g/mol. The maximum Gasteiger partial charge on any atom is 0.246 e. The summed E-state index contributed by atoms with van der Waals surface area (Å²) in [6, 6.07) is 10.2. The Labute approximate surface area is 216 Å². The van der Waals surface area contributed by atoms with Crippen molar-refractivity contribution in [1.29, 1.82) is 0 Å². The van der Waals surface area contributed by atoms with E-state index in [1.54, 1.807) is 12.1 Å². The van der Waals surface area contributed by atoms with Crippen LogP contribution in [0.15, 0.2) is 47.4 Å². The van der Waals surface area contributed by atoms with Crippen LogP contribution in [-0.4, -0.2) is 77.9 Å². The van der Waals surface area contributed by atoms with Gasteiger partial charge in [0, 0.05) is 43.3 Å². The van der Waals surface area contributed by atoms with E-state index < -0.39 is 37.5 Å². The van der Waals surface area contributed by atoms with Gasteiger partial charge in [-0.3, -0.25) is 4.79 Å². The molecule has 2 heterocycles. The summed E-state index contributed by atoms with van der Waals surface area (Å²) in [6.45, 7) is 1.31. The lowest BCUT2D eigenvalue weighted by molar-refractivity contribution is -0.120. The van der Waals surface area contributed by atoms with E-state index in [0.717, 1.165) is 0 Å². The first-order chi connectivity index (χ1) is 17.6. The Hall–Kier alpha value is -2.58. The molecule has 37 heavy (non-hydrogen) atoms. The molecule has 0 unspecified atom stereocenters. The zero-order chi connectivity index (χ0) is 26.6. The number of carbonyl (C=O) groups is 1. The quantitative estimate of drug-likeness (QED) is 0.529. The predicted molar refractivity (Wildman–Crippen MR) is 135 cm³/mol. The first kappa shape index (κ1) is 27.5. The van der Waals surface area contributed by atoms with Crippen LogP contribution in [0.25, 0.3) is 0 Å². The zero-order valence-electron chi connectivity index (χ0n) is 20.4. The van der Waals surface area contributed by atoms with E-state index in [2.05, 4.69) is 5.32 Å². The van der Waals surface area contributed by atoms with Crippen molar-refractivity contribution in [2.75, 3.05) is 51.8 Å². The van der Waals surface area contributed by atoms with Crippen LogP contribution in [0.1, 0.15) is 18.4 Å². The van der Waals surface area contributed by atoms with Crippen molar-refractivity contribution < 1.29 is 35.5 Å². The topological polar surface area (TPSA) is 122 Å². The number of piperidine rings is 1. The van der Waals surface area contributed by atoms with E-state index in [4.69, 9.17) is 9.47 Å². The lowest BCUT2D eigenvalue weighted by Gasteiger charge is -2.30. The Morgan fingerprint density at radius 2 is 1.70 bits per heavy atom. The Balaban J connectivity index is 1.40. The molecule has 0 atom stereocenters. The molecule has 2 fully saturated rings. The molecule has 202 valence electrons. The number of nitrogens with one attached hydrogen (secondary N) is 1. The SMILES string of the molecule is COc1ccc(NC(=O)C2CCN(S(=O)(=O)Cc3ccccc3F)CC2)cc1S(=O)(=O)N1CCOCC1. The van der Waals surface area contributed by atoms with Gasteiger partial charge in [0.25, 0.3) is 0 Å². The third-order valence-corrected chi connectivity index (χ3v) is 10.3. The van der Waals surface area contributed by atoms with Gasteiger partial charge in [0.05, 0.1) is 26.1 Å². The fourth-order valence-electron chi connectivity index (χ4n) is 4.43. The minimum absolute atomic E-state index is 0.0521. The highest BCUT2D eigenvalue weighted by atomic mass is 32.2. The molecule has 2 aliphatic heterocycles. The molecule has 13 heteroatoms. The average molecular weight is 556 g/mol. The number of nitrogens with zero attached hydrogens (tertiary/aromatic N) is 2. The third-order valence-electron chi connectivity index (χ3n) is 6.53. The predicted octanol–water partition coefficient (Wildman–Crippen LogP) is 2.04. The Morgan fingerprint density at radius 3 is 2.35 bits per heavy atom. The number of rotatable bonds is 8. The van der Waals surface area contributed by atoms with Gasteiger partial charge in [-0.1, -0.05) is 18.2 Å². The first-order valence-corrected chi connectivity index (χ1v) is 14.9. The number of methoxy groups -OCH3 is 1. The highest BCUT2D eigenvalue weighted by molar-refractivity contribution is 7.89. The van der Waals surface area contributed by atoms with Crippen LogP contribution in [0.2, 0.25) is 0 Å². The van der Waals surface area contributed by atoms with Crippen LogP contribution >= 0.6 is 0 Å². The second-order valence-electron chi connectivity index (χ2n) is 8.89. The van der Waals surface area contributed by atoms with Gasteiger partial charge < -0.3 is 14.8 Å². The van der Waals surface area contributed by atoms with Crippen LogP contribution in [0.4, 0.5) is 10.1 Å². The highest BCUT2D eigenvalue weighted by Gasteiger charge is 2.33. The summed E-state index contributed by atoms with van der Waals surface area (Å²) in [5.41, 5.74) is 0.400. The zero-order valence-corrected chi connectivity index (χ0v) is 22.1. The average Bonchev–Trinajstić information content (AvgIpc) is 2.90. The van der Waals surface area contributed by atoms with Gasteiger partial charge in [-0.15, -0.1) is 0 Å². The minimum Gasteiger partial charge on any atom is -0.495 e. The number of sulfonamides is 2. The molecule has 1 amide bonds. The molecule has 2 aromatic rings. The number of amides is 1. The number of hydrogen-bond donors (Lipinski definition) is 1. The van der Waals surface area contributed by atoms with E-state index in [9.17, 15) is 26.0 Å². The van der Waals surface area contributed by atoms with E-state index in [1.807, 2.05) is 0 Å². The number of ether oxygens (including phenoxy) is 2. The molecule has 10 nitrogen and oxygen atoms in total. The fourth-order valence-corrected chi connectivity index (χ4v) is 7.59. The number of hydrogen-bond acceptors (Lipinski definition) is 7. The van der Waals surface area contributed by atoms with Crippen molar-refractivity contribution in [3.63, 3.8) is 0 Å². The van der Waals surface area contributed by atoms with Crippen molar-refractivity contribution in [2.45, 2.75) is 23.5 Å². The molecule has 4 rings (SSSR count). The molecular formula is C24H30FN3O7S2. The highest BCUT2D eigenvalue weighted by Crippen LogP contribution is 2.31. The Morgan fingerprint density at radius 1 is 1.03 bits per heavy atom. The summed E-state index contributed by atoms with van der Waals surface area (Å²) in [5.74, 6) is -1.64. The van der Waals surface area contributed by atoms with Crippen molar-refractivity contribution in [1.82, 2.24) is 8.61 Å². The molecule has 0 radical (unpaired) electrons. The van der Waals surface area contributed by atoms with Gasteiger partial charge >= 0.3 is 0 Å². The van der Waals surface area contributed by atoms with E-state index in [-0.39, 0.29) is 61.1 Å². The summed E-state index contributed by atoms with van der Waals surface area (Å²) in [5, 5.41) is 2.76. The number of halogens is 1. The van der Waals surface area contributed by atoms with Crippen LogP contribution in [0.3, 0.4) is 0 Å². The second-order valence-corrected chi connectivity index (χ2v) is 12.8. The number of anilines is 1. The van der Waals surface area contributed by atoms with Gasteiger partial charge in [0.1, 0.15) is 16.5 Å². The lowest BCUT2D eigenvalue weighted by atomic mass is 9.97. The van der Waals surface area contributed by atoms with E-state index >= 15 is 0 Å². The minimum atomic E-state index is -3.86. The molecule has 0 bridgehead atoms. The molecule has 0 aliphatic carbocycles. The van der Waals surface area contributed by atoms with E-state index in [1.165, 1.54) is 46.1 Å². The normalized spacial score (nSPS) is 18.4. The molecule has 1 N–H and O–H groups in total. The first-order valence-electron chi connectivity index (χ1n) is 11.9. The van der Waals surface area contributed by atoms with Crippen LogP contribution in [0, 0.1) is 11.7 Å². The molecule has 2 saturated heterocycles. The molecule has 2 aliphatic rings. The van der Waals surface area contributed by atoms with Crippen molar-refractivity contribution in [3.05, 3.63) is 53.8 Å². The van der Waals surface area contributed by atoms with Crippen molar-refractivity contribution in [2.24, 2.45) is 5.92 Å². The second kappa shape index (κ2) is 11.4. The van der Waals surface area contributed by atoms with Gasteiger partial charge in [-0.2, -0.15) is 4.31 Å². The van der Waals surface area contributed by atoms with Crippen molar-refractivity contribution in [3.8, 4) is 5.75 Å². The number of benzene rings is 2. The molecule has 0 saturated carbocycles. The lowest BCUT2D eigenvalue weighted by Crippen LogP contribution is -2.42. The fraction of sp³-hybridized carbons (Fsp3) is 0.458. The third kappa shape index (κ3) is 6.29. The number of morpholine rings is 1. The molecule has 0 aromatic heterocycles. The van der Waals surface area contributed by atoms with Gasteiger partial charge in [0.2, 0.25) is 26.0 Å². The Kier molecular flexibility index (Phi) is 8.49. The standard InChI is InChI=1S/C24H30FN3O7S2/c1-34-22-7-6-20(16-23(22)37(32,33)28-12-14-35-15-13-28)26-24(29)18-8-10-27(11-9-18)36(30,31)17-19-4-2-3-5-21(19)25/h2-7,16,18H,8-15,17H2,1H3,(H,26,29). The maximum absolute atomic E-state index is 13.9. The summed E-state index contributed by atoms with van der Waals surface area (Å²) < 4.78 is 78.9.